The molecule has 3 amide bonds. The maximum atomic E-state index is 12.1. The van der Waals surface area contributed by atoms with E-state index >= 15 is 0 Å². The van der Waals surface area contributed by atoms with Crippen molar-refractivity contribution in [1.29, 1.82) is 0 Å². The summed E-state index contributed by atoms with van der Waals surface area (Å²) in [6.45, 7) is -0.196. The van der Waals surface area contributed by atoms with E-state index in [-0.39, 0.29) is 16.6 Å². The molecule has 0 aliphatic carbocycles. The first kappa shape index (κ1) is 21.8. The van der Waals surface area contributed by atoms with Gasteiger partial charge in [-0.25, -0.2) is 8.42 Å². The van der Waals surface area contributed by atoms with Crippen molar-refractivity contribution in [2.75, 3.05) is 18.5 Å². The average molecular weight is 423 g/mol. The van der Waals surface area contributed by atoms with Gasteiger partial charge < -0.3 is 14.5 Å². The summed E-state index contributed by atoms with van der Waals surface area (Å²) in [7, 11) is -4.02. The highest BCUT2D eigenvalue weighted by Gasteiger charge is 2.18. The molecule has 1 aromatic heterocycles. The Labute approximate surface area is 165 Å². The summed E-state index contributed by atoms with van der Waals surface area (Å²) in [6, 6.07) is 8.05. The minimum Gasteiger partial charge on any atom is -0.459 e. The van der Waals surface area contributed by atoms with Crippen molar-refractivity contribution in [3.05, 3.63) is 48.4 Å². The molecule has 0 spiro atoms. The lowest BCUT2D eigenvalue weighted by atomic mass is 10.3. The molecule has 0 fully saturated rings. The summed E-state index contributed by atoms with van der Waals surface area (Å²) in [6.07, 6.45) is 1.25. The van der Waals surface area contributed by atoms with Gasteiger partial charge in [-0.2, -0.15) is 4.72 Å². The van der Waals surface area contributed by atoms with Gasteiger partial charge in [-0.05, 0) is 36.4 Å². The molecule has 0 aliphatic rings. The van der Waals surface area contributed by atoms with E-state index in [2.05, 4.69) is 10.1 Å². The molecule has 2 rings (SSSR count). The smallest absolute Gasteiger partial charge is 0.321 e. The summed E-state index contributed by atoms with van der Waals surface area (Å²) in [5.41, 5.74) is 0.408. The summed E-state index contributed by atoms with van der Waals surface area (Å²) in [5, 5.41) is 4.42. The third-order valence-corrected chi connectivity index (χ3v) is 4.67. The van der Waals surface area contributed by atoms with Crippen LogP contribution in [0.3, 0.4) is 0 Å². The first-order valence-electron chi connectivity index (χ1n) is 8.08. The third kappa shape index (κ3) is 6.86. The van der Waals surface area contributed by atoms with Crippen LogP contribution in [0.4, 0.5) is 5.69 Å². The van der Waals surface area contributed by atoms with Crippen LogP contribution in [-0.2, 0) is 29.1 Å². The molecule has 3 N–H and O–H groups in total. The first-order chi connectivity index (χ1) is 13.7. The monoisotopic (exact) mass is 423 g/mol. The van der Waals surface area contributed by atoms with Gasteiger partial charge in [-0.15, -0.1) is 0 Å². The highest BCUT2D eigenvalue weighted by molar-refractivity contribution is 7.89. The Balaban J connectivity index is 1.79. The largest absolute Gasteiger partial charge is 0.459 e. The van der Waals surface area contributed by atoms with E-state index in [1.807, 2.05) is 10.0 Å². The van der Waals surface area contributed by atoms with Crippen LogP contribution in [0.25, 0.3) is 0 Å². The van der Waals surface area contributed by atoms with Crippen molar-refractivity contribution in [2.45, 2.75) is 11.8 Å². The molecule has 11 nitrogen and oxygen atoms in total. The highest BCUT2D eigenvalue weighted by Crippen LogP contribution is 2.13. The van der Waals surface area contributed by atoms with Crippen LogP contribution in [0.5, 0.6) is 0 Å². The molecule has 29 heavy (non-hydrogen) atoms. The quantitative estimate of drug-likeness (QED) is 0.501. The molecule has 1 aromatic carbocycles. The second-order valence-corrected chi connectivity index (χ2v) is 7.31. The molecule has 2 aromatic rings. The summed E-state index contributed by atoms with van der Waals surface area (Å²) in [4.78, 5) is 45.6. The number of esters is 1. The Morgan fingerprint density at radius 3 is 2.34 bits per heavy atom. The zero-order valence-electron chi connectivity index (χ0n) is 15.1. The van der Waals surface area contributed by atoms with Gasteiger partial charge >= 0.3 is 5.97 Å². The molecule has 0 aliphatic heterocycles. The number of furan rings is 1. The minimum atomic E-state index is -4.02. The number of sulfonamides is 1. The third-order valence-electron chi connectivity index (χ3n) is 3.25. The second-order valence-electron chi connectivity index (χ2n) is 5.55. The number of imide groups is 1. The fraction of sp³-hybridized carbons (Fsp3) is 0.176. The Morgan fingerprint density at radius 1 is 1.07 bits per heavy atom. The number of ether oxygens (including phenoxy) is 1. The topological polar surface area (TPSA) is 161 Å². The van der Waals surface area contributed by atoms with Gasteiger partial charge in [0.25, 0.3) is 11.8 Å². The predicted octanol–water partition coefficient (Wildman–Crippen LogP) is 0.0161. The molecule has 12 heteroatoms. The standard InChI is InChI=1S/C17H17N3O8S/c1-11(21)19-12-4-6-13(7-5-12)29(25,26)18-9-16(23)28-10-15(22)20-17(24)14-3-2-8-27-14/h2-8,18H,9-10H2,1H3,(H,19,21)(H,20,22,24). The number of benzene rings is 1. The van der Waals surface area contributed by atoms with Gasteiger partial charge in [-0.3, -0.25) is 24.5 Å². The number of carbonyl (C=O) groups is 4. The Hall–Kier alpha value is -3.51. The molecule has 0 bridgehead atoms. The van der Waals surface area contributed by atoms with Crippen LogP contribution >= 0.6 is 0 Å². The van der Waals surface area contributed by atoms with E-state index in [1.54, 1.807) is 0 Å². The lowest BCUT2D eigenvalue weighted by molar-refractivity contribution is -0.147. The van der Waals surface area contributed by atoms with Gasteiger partial charge in [-0.1, -0.05) is 0 Å². The van der Waals surface area contributed by atoms with Crippen LogP contribution < -0.4 is 15.4 Å². The SMILES string of the molecule is CC(=O)Nc1ccc(S(=O)(=O)NCC(=O)OCC(=O)NC(=O)c2ccco2)cc1. The summed E-state index contributed by atoms with van der Waals surface area (Å²) in [5.74, 6) is -3.14. The van der Waals surface area contributed by atoms with Crippen molar-refractivity contribution < 1.29 is 36.7 Å². The van der Waals surface area contributed by atoms with E-state index in [0.717, 1.165) is 0 Å². The second kappa shape index (κ2) is 9.61. The fourth-order valence-electron chi connectivity index (χ4n) is 1.99. The maximum absolute atomic E-state index is 12.1. The first-order valence-corrected chi connectivity index (χ1v) is 9.56. The van der Waals surface area contributed by atoms with Gasteiger partial charge in [0.05, 0.1) is 11.2 Å². The van der Waals surface area contributed by atoms with Crippen LogP contribution in [-0.4, -0.2) is 45.3 Å². The summed E-state index contributed by atoms with van der Waals surface area (Å²) >= 11 is 0. The molecule has 0 saturated heterocycles. The number of hydrogen-bond donors (Lipinski definition) is 3. The zero-order chi connectivity index (χ0) is 21.4. The number of amides is 3. The number of rotatable bonds is 8. The molecule has 0 radical (unpaired) electrons. The van der Waals surface area contributed by atoms with Crippen LogP contribution in [0.15, 0.2) is 52.0 Å². The molecular weight excluding hydrogens is 406 g/mol. The lowest BCUT2D eigenvalue weighted by Crippen LogP contribution is -2.36. The number of anilines is 1. The highest BCUT2D eigenvalue weighted by atomic mass is 32.2. The van der Waals surface area contributed by atoms with Crippen LogP contribution in [0.1, 0.15) is 17.5 Å². The van der Waals surface area contributed by atoms with Gasteiger partial charge in [0.2, 0.25) is 15.9 Å². The molecule has 0 saturated carbocycles. The minimum absolute atomic E-state index is 0.0954. The Morgan fingerprint density at radius 2 is 1.76 bits per heavy atom. The van der Waals surface area contributed by atoms with E-state index in [0.29, 0.717) is 5.69 Å². The van der Waals surface area contributed by atoms with Crippen molar-refractivity contribution in [3.8, 4) is 0 Å². The van der Waals surface area contributed by atoms with Crippen LogP contribution in [0, 0.1) is 0 Å². The molecule has 1 heterocycles. The van der Waals surface area contributed by atoms with E-state index in [1.165, 1.54) is 49.6 Å². The van der Waals surface area contributed by atoms with Crippen LogP contribution in [0.2, 0.25) is 0 Å². The summed E-state index contributed by atoms with van der Waals surface area (Å²) < 4.78 is 35.7. The van der Waals surface area contributed by atoms with Crippen molar-refractivity contribution in [3.63, 3.8) is 0 Å². The number of carbonyl (C=O) groups excluding carboxylic acids is 4. The van der Waals surface area contributed by atoms with Crippen molar-refractivity contribution in [1.82, 2.24) is 10.0 Å². The Bertz CT molecular complexity index is 998. The molecule has 0 atom stereocenters. The Kier molecular flexibility index (Phi) is 7.22. The average Bonchev–Trinajstić information content (AvgIpc) is 3.20. The van der Waals surface area contributed by atoms with Crippen molar-refractivity contribution in [2.24, 2.45) is 0 Å². The maximum Gasteiger partial charge on any atom is 0.321 e. The van der Waals surface area contributed by atoms with Crippen molar-refractivity contribution >= 4 is 39.4 Å². The van der Waals surface area contributed by atoms with E-state index in [4.69, 9.17) is 4.42 Å². The van der Waals surface area contributed by atoms with E-state index in [9.17, 15) is 27.6 Å². The lowest BCUT2D eigenvalue weighted by Gasteiger charge is -2.08. The normalized spacial score (nSPS) is 10.8. The van der Waals surface area contributed by atoms with Gasteiger partial charge in [0.15, 0.2) is 12.4 Å². The molecule has 0 unspecified atom stereocenters. The number of nitrogens with one attached hydrogen (secondary N) is 3. The molecular formula is C17H17N3O8S. The molecule has 154 valence electrons. The predicted molar refractivity (Wildman–Crippen MR) is 98.1 cm³/mol. The fourth-order valence-corrected chi connectivity index (χ4v) is 2.96. The zero-order valence-corrected chi connectivity index (χ0v) is 15.9. The van der Waals surface area contributed by atoms with E-state index < -0.39 is 41.0 Å². The van der Waals surface area contributed by atoms with Gasteiger partial charge in [0, 0.05) is 12.6 Å². The number of hydrogen-bond acceptors (Lipinski definition) is 8. The van der Waals surface area contributed by atoms with Gasteiger partial charge in [0.1, 0.15) is 6.54 Å².